The quantitative estimate of drug-likeness (QED) is 0.632. The number of benzene rings is 3. The fourth-order valence-electron chi connectivity index (χ4n) is 3.57. The zero-order valence-electron chi connectivity index (χ0n) is 17.7. The minimum atomic E-state index is -0.358. The highest BCUT2D eigenvalue weighted by Crippen LogP contribution is 2.24. The van der Waals surface area contributed by atoms with E-state index in [9.17, 15) is 19.2 Å². The average Bonchev–Trinajstić information content (AvgIpc) is 3.04. The second-order valence-electron chi connectivity index (χ2n) is 7.68. The number of hydrogen-bond acceptors (Lipinski definition) is 4. The Hall–Kier alpha value is -4.26. The van der Waals surface area contributed by atoms with Crippen LogP contribution in [-0.2, 0) is 6.54 Å². The Morgan fingerprint density at radius 2 is 1.44 bits per heavy atom. The van der Waals surface area contributed by atoms with Gasteiger partial charge in [0.05, 0.1) is 17.7 Å². The van der Waals surface area contributed by atoms with Crippen LogP contribution in [0.3, 0.4) is 0 Å². The highest BCUT2D eigenvalue weighted by atomic mass is 16.2. The van der Waals surface area contributed by atoms with Crippen LogP contribution in [0.25, 0.3) is 0 Å². The first kappa shape index (κ1) is 21.0. The van der Waals surface area contributed by atoms with Crippen molar-refractivity contribution in [3.63, 3.8) is 0 Å². The monoisotopic (exact) mass is 427 g/mol. The van der Waals surface area contributed by atoms with Crippen LogP contribution in [0, 0.1) is 0 Å². The molecular weight excluding hydrogens is 406 g/mol. The minimum absolute atomic E-state index is 0.0697. The van der Waals surface area contributed by atoms with Crippen LogP contribution in [0.2, 0.25) is 0 Å². The van der Waals surface area contributed by atoms with E-state index in [1.165, 1.54) is 9.80 Å². The van der Waals surface area contributed by atoms with Gasteiger partial charge >= 0.3 is 0 Å². The molecule has 4 amide bonds. The third kappa shape index (κ3) is 4.00. The molecule has 1 aliphatic rings. The molecule has 1 N–H and O–H groups in total. The smallest absolute Gasteiger partial charge is 0.261 e. The molecule has 0 radical (unpaired) electrons. The summed E-state index contributed by atoms with van der Waals surface area (Å²) in [7, 11) is 3.32. The summed E-state index contributed by atoms with van der Waals surface area (Å²) < 4.78 is 0. The van der Waals surface area contributed by atoms with Crippen molar-refractivity contribution in [1.29, 1.82) is 0 Å². The zero-order valence-corrected chi connectivity index (χ0v) is 17.7. The molecule has 3 aromatic rings. The molecule has 0 spiro atoms. The Bertz CT molecular complexity index is 1210. The number of imide groups is 1. The first-order valence-corrected chi connectivity index (χ1v) is 10.0. The third-order valence-corrected chi connectivity index (χ3v) is 5.18. The number of anilines is 1. The molecular formula is C25H21N3O4. The summed E-state index contributed by atoms with van der Waals surface area (Å²) in [6.45, 7) is 0.0697. The number of hydrogen-bond donors (Lipinski definition) is 1. The molecule has 1 heterocycles. The number of nitrogens with zero attached hydrogens (tertiary/aromatic N) is 2. The van der Waals surface area contributed by atoms with Crippen molar-refractivity contribution in [2.24, 2.45) is 0 Å². The van der Waals surface area contributed by atoms with Crippen molar-refractivity contribution in [2.75, 3.05) is 19.4 Å². The fraction of sp³-hybridized carbons (Fsp3) is 0.120. The molecule has 7 nitrogen and oxygen atoms in total. The van der Waals surface area contributed by atoms with E-state index >= 15 is 0 Å². The lowest BCUT2D eigenvalue weighted by molar-refractivity contribution is 0.0641. The molecule has 4 rings (SSSR count). The van der Waals surface area contributed by atoms with Gasteiger partial charge in [0.2, 0.25) is 0 Å². The van der Waals surface area contributed by atoms with Gasteiger partial charge in [-0.05, 0) is 48.0 Å². The number of amides is 4. The summed E-state index contributed by atoms with van der Waals surface area (Å²) in [5.41, 5.74) is 2.77. The maximum atomic E-state index is 12.8. The summed E-state index contributed by atoms with van der Waals surface area (Å²) in [5, 5.41) is 2.79. The number of nitrogens with one attached hydrogen (secondary N) is 1. The first-order chi connectivity index (χ1) is 15.3. The lowest BCUT2D eigenvalue weighted by atomic mass is 10.1. The summed E-state index contributed by atoms with van der Waals surface area (Å²) in [5.74, 6) is -1.21. The van der Waals surface area contributed by atoms with Crippen molar-refractivity contribution in [1.82, 2.24) is 9.80 Å². The van der Waals surface area contributed by atoms with Crippen molar-refractivity contribution in [3.05, 3.63) is 101 Å². The van der Waals surface area contributed by atoms with E-state index in [1.54, 1.807) is 86.9 Å². The van der Waals surface area contributed by atoms with Gasteiger partial charge in [0.15, 0.2) is 0 Å². The summed E-state index contributed by atoms with van der Waals surface area (Å²) >= 11 is 0. The van der Waals surface area contributed by atoms with Gasteiger partial charge in [-0.1, -0.05) is 30.3 Å². The molecule has 160 valence electrons. The molecule has 0 unspecified atom stereocenters. The average molecular weight is 427 g/mol. The zero-order chi connectivity index (χ0) is 22.8. The maximum Gasteiger partial charge on any atom is 0.261 e. The molecule has 0 bridgehead atoms. The standard InChI is InChI=1S/C25H21N3O4/c1-27(2)23(30)18-9-6-10-19(14-18)26-22(29)17-8-5-7-16(13-17)15-28-24(31)20-11-3-4-12-21(20)25(28)32/h3-14H,15H2,1-2H3,(H,26,29). The van der Waals surface area contributed by atoms with Crippen LogP contribution in [0.4, 0.5) is 5.69 Å². The Labute approximate surface area is 185 Å². The van der Waals surface area contributed by atoms with Gasteiger partial charge in [-0.2, -0.15) is 0 Å². The number of carbonyl (C=O) groups excluding carboxylic acids is 4. The van der Waals surface area contributed by atoms with Crippen LogP contribution >= 0.6 is 0 Å². The first-order valence-electron chi connectivity index (χ1n) is 10.0. The third-order valence-electron chi connectivity index (χ3n) is 5.18. The van der Waals surface area contributed by atoms with E-state index in [0.717, 1.165) is 0 Å². The molecule has 0 aliphatic carbocycles. The van der Waals surface area contributed by atoms with Crippen LogP contribution in [0.1, 0.15) is 47.0 Å². The van der Waals surface area contributed by atoms with E-state index in [0.29, 0.717) is 33.5 Å². The van der Waals surface area contributed by atoms with E-state index < -0.39 is 0 Å². The van der Waals surface area contributed by atoms with Crippen LogP contribution in [0.5, 0.6) is 0 Å². The summed E-state index contributed by atoms with van der Waals surface area (Å²) in [6.07, 6.45) is 0. The van der Waals surface area contributed by atoms with Gasteiger partial charge in [-0.15, -0.1) is 0 Å². The van der Waals surface area contributed by atoms with Gasteiger partial charge in [0.25, 0.3) is 23.6 Å². The molecule has 1 aliphatic heterocycles. The minimum Gasteiger partial charge on any atom is -0.345 e. The highest BCUT2D eigenvalue weighted by molar-refractivity contribution is 6.21. The van der Waals surface area contributed by atoms with Crippen LogP contribution in [0.15, 0.2) is 72.8 Å². The predicted octanol–water partition coefficient (Wildman–Crippen LogP) is 3.44. The molecule has 7 heteroatoms. The predicted molar refractivity (Wildman–Crippen MR) is 120 cm³/mol. The van der Waals surface area contributed by atoms with Gasteiger partial charge in [-0.25, -0.2) is 0 Å². The Morgan fingerprint density at radius 3 is 2.09 bits per heavy atom. The highest BCUT2D eigenvalue weighted by Gasteiger charge is 2.35. The van der Waals surface area contributed by atoms with Crippen LogP contribution < -0.4 is 5.32 Å². The lowest BCUT2D eigenvalue weighted by Crippen LogP contribution is -2.29. The SMILES string of the molecule is CN(C)C(=O)c1cccc(NC(=O)c2cccc(CN3C(=O)c4ccccc4C3=O)c2)c1. The summed E-state index contributed by atoms with van der Waals surface area (Å²) in [4.78, 5) is 52.8. The Kier molecular flexibility index (Phi) is 5.55. The van der Waals surface area contributed by atoms with Crippen molar-refractivity contribution in [2.45, 2.75) is 6.54 Å². The molecule has 0 saturated carbocycles. The van der Waals surface area contributed by atoms with Crippen LogP contribution in [-0.4, -0.2) is 47.5 Å². The van der Waals surface area contributed by atoms with Gasteiger partial charge in [0.1, 0.15) is 0 Å². The molecule has 0 aromatic heterocycles. The number of carbonyl (C=O) groups is 4. The molecule has 32 heavy (non-hydrogen) atoms. The fourth-order valence-corrected chi connectivity index (χ4v) is 3.57. The largest absolute Gasteiger partial charge is 0.345 e. The van der Waals surface area contributed by atoms with Crippen molar-refractivity contribution < 1.29 is 19.2 Å². The topological polar surface area (TPSA) is 86.8 Å². The normalized spacial score (nSPS) is 12.5. The molecule has 3 aromatic carbocycles. The van der Waals surface area contributed by atoms with E-state index in [2.05, 4.69) is 5.32 Å². The molecule has 0 saturated heterocycles. The van der Waals surface area contributed by atoms with Gasteiger partial charge < -0.3 is 10.2 Å². The van der Waals surface area contributed by atoms with Crippen molar-refractivity contribution >= 4 is 29.3 Å². The number of rotatable bonds is 5. The maximum absolute atomic E-state index is 12.8. The van der Waals surface area contributed by atoms with Gasteiger partial charge in [-0.3, -0.25) is 24.1 Å². The summed E-state index contributed by atoms with van der Waals surface area (Å²) in [6, 6.07) is 20.2. The van der Waals surface area contributed by atoms with Crippen molar-refractivity contribution in [3.8, 4) is 0 Å². The van der Waals surface area contributed by atoms with E-state index in [-0.39, 0.29) is 30.2 Å². The van der Waals surface area contributed by atoms with E-state index in [4.69, 9.17) is 0 Å². The second kappa shape index (κ2) is 8.47. The molecule has 0 fully saturated rings. The second-order valence-corrected chi connectivity index (χ2v) is 7.68. The van der Waals surface area contributed by atoms with Gasteiger partial charge in [0, 0.05) is 30.9 Å². The Balaban J connectivity index is 1.50. The number of fused-ring (bicyclic) bond motifs is 1. The molecule has 0 atom stereocenters. The lowest BCUT2D eigenvalue weighted by Gasteiger charge is -2.15. The Morgan fingerprint density at radius 1 is 0.812 bits per heavy atom. The van der Waals surface area contributed by atoms with E-state index in [1.807, 2.05) is 0 Å².